The number of nitrogens with zero attached hydrogens (tertiary/aromatic N) is 1. The zero-order chi connectivity index (χ0) is 15.5. The Bertz CT molecular complexity index is 429. The summed E-state index contributed by atoms with van der Waals surface area (Å²) in [5, 5.41) is 10.5. The zero-order valence-corrected chi connectivity index (χ0v) is 13.4. The van der Waals surface area contributed by atoms with E-state index >= 15 is 0 Å². The topological polar surface area (TPSA) is 74.5 Å². The van der Waals surface area contributed by atoms with Crippen molar-refractivity contribution < 1.29 is 0 Å². The number of rotatable bonds is 2. The second kappa shape index (κ2) is 10.3. The maximum absolute atomic E-state index is 5.76. The van der Waals surface area contributed by atoms with E-state index in [1.165, 1.54) is 5.56 Å². The highest BCUT2D eigenvalue weighted by Gasteiger charge is 2.09. The largest absolute Gasteiger partial charge is 0.399 e. The summed E-state index contributed by atoms with van der Waals surface area (Å²) in [5.74, 6) is 0.569. The van der Waals surface area contributed by atoms with E-state index in [-0.39, 0.29) is 0 Å². The molecule has 1 unspecified atom stereocenters. The van der Waals surface area contributed by atoms with Crippen molar-refractivity contribution in [2.75, 3.05) is 51.5 Å². The number of aliphatic imine (C=N–C) groups is 1. The van der Waals surface area contributed by atoms with Gasteiger partial charge < -0.3 is 21.7 Å². The molecule has 0 bridgehead atoms. The Hall–Kier alpha value is -1.43. The number of benzene rings is 1. The van der Waals surface area contributed by atoms with Gasteiger partial charge in [0, 0.05) is 38.1 Å². The Kier molecular flexibility index (Phi) is 7.94. The van der Waals surface area contributed by atoms with Crippen molar-refractivity contribution in [1.82, 2.24) is 16.0 Å². The summed E-state index contributed by atoms with van der Waals surface area (Å²) in [6, 6.07) is 8.22. The molecule has 1 aliphatic heterocycles. The first-order valence-corrected chi connectivity index (χ1v) is 8.29. The van der Waals surface area contributed by atoms with Gasteiger partial charge in [0.05, 0.1) is 0 Å². The third-order valence-corrected chi connectivity index (χ3v) is 3.85. The molecule has 0 saturated heterocycles. The molecule has 2 rings (SSSR count). The van der Waals surface area contributed by atoms with Crippen molar-refractivity contribution in [3.8, 4) is 0 Å². The molecule has 0 fully saturated rings. The van der Waals surface area contributed by atoms with E-state index in [9.17, 15) is 0 Å². The van der Waals surface area contributed by atoms with Crippen molar-refractivity contribution in [3.63, 3.8) is 0 Å². The van der Waals surface area contributed by atoms with E-state index in [1.807, 2.05) is 18.3 Å². The molecule has 1 aromatic rings. The Morgan fingerprint density at radius 2 is 1.77 bits per heavy atom. The molecular formula is C17H29N5. The fraction of sp³-hybridized carbons (Fsp3) is 0.588. The summed E-state index contributed by atoms with van der Waals surface area (Å²) in [5.41, 5.74) is 7.93. The van der Waals surface area contributed by atoms with Crippen LogP contribution in [0.15, 0.2) is 29.3 Å². The molecule has 0 aliphatic carbocycles. The molecular weight excluding hydrogens is 274 g/mol. The van der Waals surface area contributed by atoms with Crippen LogP contribution in [0.4, 0.5) is 5.69 Å². The molecule has 1 aliphatic rings. The Morgan fingerprint density at radius 3 is 2.64 bits per heavy atom. The third-order valence-electron chi connectivity index (χ3n) is 3.85. The summed E-state index contributed by atoms with van der Waals surface area (Å²) in [4.78, 5) is 4.42. The minimum Gasteiger partial charge on any atom is -0.399 e. The molecule has 5 nitrogen and oxygen atoms in total. The van der Waals surface area contributed by atoms with Gasteiger partial charge in [-0.05, 0) is 56.1 Å². The summed E-state index contributed by atoms with van der Waals surface area (Å²) < 4.78 is 0. The van der Waals surface area contributed by atoms with Gasteiger partial charge in [-0.25, -0.2) is 0 Å². The molecule has 1 atom stereocenters. The highest BCUT2D eigenvalue weighted by atomic mass is 15.0. The summed E-state index contributed by atoms with van der Waals surface area (Å²) >= 11 is 0. The average Bonchev–Trinajstić information content (AvgIpc) is 2.53. The van der Waals surface area contributed by atoms with Crippen molar-refractivity contribution in [1.29, 1.82) is 0 Å². The predicted molar refractivity (Wildman–Crippen MR) is 94.6 cm³/mol. The minimum atomic E-state index is 0.569. The third kappa shape index (κ3) is 7.02. The maximum Gasteiger partial charge on any atom is 0.0398 e. The van der Waals surface area contributed by atoms with Crippen LogP contribution >= 0.6 is 0 Å². The molecule has 0 saturated carbocycles. The van der Waals surface area contributed by atoms with Gasteiger partial charge in [-0.3, -0.25) is 4.99 Å². The molecule has 122 valence electrons. The van der Waals surface area contributed by atoms with Gasteiger partial charge in [-0.1, -0.05) is 12.1 Å². The number of nitrogen functional groups attached to an aromatic ring is 1. The van der Waals surface area contributed by atoms with Crippen LogP contribution in [-0.2, 0) is 6.42 Å². The van der Waals surface area contributed by atoms with Crippen LogP contribution in [0.5, 0.6) is 0 Å². The van der Waals surface area contributed by atoms with E-state index in [0.29, 0.717) is 5.92 Å². The van der Waals surface area contributed by atoms with Crippen LogP contribution in [0, 0.1) is 5.92 Å². The van der Waals surface area contributed by atoms with E-state index in [0.717, 1.165) is 64.3 Å². The number of hydrogen-bond donors (Lipinski definition) is 4. The van der Waals surface area contributed by atoms with Crippen LogP contribution in [0.1, 0.15) is 12.0 Å². The Labute approximate surface area is 133 Å². The predicted octanol–water partition coefficient (Wildman–Crippen LogP) is 0.671. The molecule has 1 heterocycles. The molecule has 22 heavy (non-hydrogen) atoms. The van der Waals surface area contributed by atoms with Crippen LogP contribution < -0.4 is 21.7 Å². The van der Waals surface area contributed by atoms with E-state index in [1.54, 1.807) is 0 Å². The highest BCUT2D eigenvalue weighted by Crippen LogP contribution is 2.10. The smallest absolute Gasteiger partial charge is 0.0398 e. The van der Waals surface area contributed by atoms with Crippen LogP contribution in [0.25, 0.3) is 0 Å². The van der Waals surface area contributed by atoms with Crippen molar-refractivity contribution in [2.45, 2.75) is 12.8 Å². The number of nitrogens with one attached hydrogen (secondary N) is 3. The molecule has 0 aromatic heterocycles. The molecule has 5 heteroatoms. The van der Waals surface area contributed by atoms with Gasteiger partial charge in [0.25, 0.3) is 0 Å². The van der Waals surface area contributed by atoms with Gasteiger partial charge in [0.15, 0.2) is 0 Å². The van der Waals surface area contributed by atoms with Crippen molar-refractivity contribution in [3.05, 3.63) is 29.8 Å². The van der Waals surface area contributed by atoms with Crippen LogP contribution in [0.2, 0.25) is 0 Å². The first-order chi connectivity index (χ1) is 10.8. The van der Waals surface area contributed by atoms with Crippen LogP contribution in [-0.4, -0.2) is 52.0 Å². The second-order valence-corrected chi connectivity index (χ2v) is 5.87. The minimum absolute atomic E-state index is 0.569. The number of nitrogens with two attached hydrogens (primary N) is 1. The maximum atomic E-state index is 5.76. The molecule has 0 amide bonds. The van der Waals surface area contributed by atoms with Gasteiger partial charge >= 0.3 is 0 Å². The lowest BCUT2D eigenvalue weighted by atomic mass is 9.99. The van der Waals surface area contributed by atoms with Gasteiger partial charge in [0.1, 0.15) is 0 Å². The normalized spacial score (nSPS) is 22.1. The average molecular weight is 303 g/mol. The first-order valence-electron chi connectivity index (χ1n) is 8.29. The Balaban J connectivity index is 1.85. The molecule has 1 aromatic carbocycles. The van der Waals surface area contributed by atoms with Crippen molar-refractivity contribution >= 4 is 11.9 Å². The number of hydrogen-bond acceptors (Lipinski definition) is 5. The Morgan fingerprint density at radius 1 is 1.00 bits per heavy atom. The molecule has 0 radical (unpaired) electrons. The van der Waals surface area contributed by atoms with Gasteiger partial charge in [0.2, 0.25) is 0 Å². The van der Waals surface area contributed by atoms with Crippen LogP contribution in [0.3, 0.4) is 0 Å². The van der Waals surface area contributed by atoms with E-state index in [4.69, 9.17) is 5.73 Å². The van der Waals surface area contributed by atoms with E-state index in [2.05, 4.69) is 33.1 Å². The monoisotopic (exact) mass is 303 g/mol. The highest BCUT2D eigenvalue weighted by molar-refractivity contribution is 5.59. The molecule has 0 spiro atoms. The van der Waals surface area contributed by atoms with Gasteiger partial charge in [-0.2, -0.15) is 0 Å². The number of anilines is 1. The fourth-order valence-corrected chi connectivity index (χ4v) is 2.61. The fourth-order valence-electron chi connectivity index (χ4n) is 2.61. The lowest BCUT2D eigenvalue weighted by Crippen LogP contribution is -2.36. The van der Waals surface area contributed by atoms with E-state index < -0.39 is 0 Å². The second-order valence-electron chi connectivity index (χ2n) is 5.87. The summed E-state index contributed by atoms with van der Waals surface area (Å²) in [6.45, 7) is 6.87. The van der Waals surface area contributed by atoms with Gasteiger partial charge in [-0.15, -0.1) is 0 Å². The summed E-state index contributed by atoms with van der Waals surface area (Å²) in [6.07, 6.45) is 4.17. The lowest BCUT2D eigenvalue weighted by molar-refractivity contribution is 0.447. The molecule has 5 N–H and O–H groups in total. The first kappa shape index (κ1) is 16.9. The quantitative estimate of drug-likeness (QED) is 0.606. The SMILES string of the molecule is Nc1ccc(CC2CNCC=NCCCNCCNC2)cc1. The zero-order valence-electron chi connectivity index (χ0n) is 13.4. The van der Waals surface area contributed by atoms with Crippen molar-refractivity contribution in [2.24, 2.45) is 10.9 Å². The standard InChI is InChI=1S/C17H29N5/c18-17-4-2-15(3-5-17)12-16-13-21-10-8-19-6-1-7-20-9-11-22-14-16/h2-5,8,16,20-22H,1,6-7,9-14,18H2. The summed E-state index contributed by atoms with van der Waals surface area (Å²) in [7, 11) is 0. The lowest BCUT2D eigenvalue weighted by Gasteiger charge is -2.19.